The van der Waals surface area contributed by atoms with Crippen LogP contribution in [0, 0.1) is 0 Å². The highest BCUT2D eigenvalue weighted by molar-refractivity contribution is 6.34. The van der Waals surface area contributed by atoms with E-state index >= 15 is 0 Å². The maximum absolute atomic E-state index is 12.5. The van der Waals surface area contributed by atoms with Gasteiger partial charge in [-0.3, -0.25) is 14.4 Å². The lowest BCUT2D eigenvalue weighted by Gasteiger charge is -2.14. The van der Waals surface area contributed by atoms with E-state index in [0.29, 0.717) is 30.0 Å². The van der Waals surface area contributed by atoms with Gasteiger partial charge in [0.1, 0.15) is 0 Å². The molecule has 0 fully saturated rings. The summed E-state index contributed by atoms with van der Waals surface area (Å²) in [5.74, 6) is -0.724. The molecule has 0 bridgehead atoms. The molecule has 0 atom stereocenters. The molecule has 2 aromatic rings. The zero-order valence-electron chi connectivity index (χ0n) is 14.5. The van der Waals surface area contributed by atoms with Crippen LogP contribution in [-0.2, 0) is 16.0 Å². The van der Waals surface area contributed by atoms with Crippen molar-refractivity contribution in [3.8, 4) is 0 Å². The average Bonchev–Trinajstić information content (AvgIpc) is 2.91. The Morgan fingerprint density at radius 3 is 2.19 bits per heavy atom. The maximum Gasteiger partial charge on any atom is 0.266 e. The van der Waals surface area contributed by atoms with Crippen LogP contribution >= 0.6 is 0 Å². The molecule has 0 saturated carbocycles. The number of ether oxygens (including phenoxy) is 1. The third-order valence-corrected chi connectivity index (χ3v) is 4.20. The minimum atomic E-state index is -0.325. The second-order valence-corrected chi connectivity index (χ2v) is 6.03. The molecule has 26 heavy (non-hydrogen) atoms. The third kappa shape index (κ3) is 3.65. The van der Waals surface area contributed by atoms with Crippen LogP contribution in [0.5, 0.6) is 0 Å². The molecule has 0 spiro atoms. The maximum atomic E-state index is 12.5. The van der Waals surface area contributed by atoms with Crippen molar-refractivity contribution in [3.05, 3.63) is 65.2 Å². The molecule has 1 N–H and O–H groups in total. The van der Waals surface area contributed by atoms with E-state index in [1.54, 1.807) is 55.6 Å². The minimum absolute atomic E-state index is 0.0745. The van der Waals surface area contributed by atoms with Crippen LogP contribution in [0.2, 0.25) is 0 Å². The molecule has 0 saturated heterocycles. The van der Waals surface area contributed by atoms with Gasteiger partial charge in [-0.1, -0.05) is 24.3 Å². The van der Waals surface area contributed by atoms with Crippen LogP contribution in [0.3, 0.4) is 0 Å². The van der Waals surface area contributed by atoms with E-state index in [-0.39, 0.29) is 24.1 Å². The molecule has 0 aromatic heterocycles. The highest BCUT2D eigenvalue weighted by Gasteiger charge is 2.36. The van der Waals surface area contributed by atoms with Gasteiger partial charge in [-0.25, -0.2) is 4.90 Å². The molecule has 2 aromatic carbocycles. The number of fused-ring (bicyclic) bond motifs is 1. The fraction of sp³-hybridized carbons (Fsp3) is 0.250. The number of hydrogen-bond acceptors (Lipinski definition) is 4. The zero-order chi connectivity index (χ0) is 18.5. The fourth-order valence-electron chi connectivity index (χ4n) is 2.88. The monoisotopic (exact) mass is 352 g/mol. The van der Waals surface area contributed by atoms with E-state index in [2.05, 4.69) is 5.32 Å². The fourth-order valence-corrected chi connectivity index (χ4v) is 2.88. The summed E-state index contributed by atoms with van der Waals surface area (Å²) < 4.78 is 4.93. The summed E-state index contributed by atoms with van der Waals surface area (Å²) in [5.41, 5.74) is 2.14. The molecule has 6 heteroatoms. The van der Waals surface area contributed by atoms with Gasteiger partial charge in [-0.05, 0) is 36.2 Å². The van der Waals surface area contributed by atoms with Crippen LogP contribution < -0.4 is 10.2 Å². The van der Waals surface area contributed by atoms with Crippen molar-refractivity contribution in [2.24, 2.45) is 0 Å². The Balaban J connectivity index is 1.64. The van der Waals surface area contributed by atoms with E-state index in [1.807, 2.05) is 0 Å². The number of imide groups is 1. The highest BCUT2D eigenvalue weighted by Crippen LogP contribution is 2.28. The molecular weight excluding hydrogens is 332 g/mol. The molecule has 1 aliphatic heterocycles. The van der Waals surface area contributed by atoms with Crippen molar-refractivity contribution >= 4 is 23.4 Å². The van der Waals surface area contributed by atoms with Crippen LogP contribution in [0.1, 0.15) is 32.7 Å². The predicted octanol–water partition coefficient (Wildman–Crippen LogP) is 2.18. The van der Waals surface area contributed by atoms with Gasteiger partial charge in [0.2, 0.25) is 5.91 Å². The lowest BCUT2D eigenvalue weighted by Crippen LogP contribution is -2.29. The molecule has 0 aliphatic carbocycles. The van der Waals surface area contributed by atoms with Crippen LogP contribution in [0.15, 0.2) is 48.5 Å². The second kappa shape index (κ2) is 7.93. The van der Waals surface area contributed by atoms with Gasteiger partial charge in [0.25, 0.3) is 11.8 Å². The first kappa shape index (κ1) is 17.8. The lowest BCUT2D eigenvalue weighted by atomic mass is 10.1. The number of carbonyl (C=O) groups excluding carboxylic acids is 3. The summed E-state index contributed by atoms with van der Waals surface area (Å²) in [6.45, 7) is 1.18. The Morgan fingerprint density at radius 1 is 1.00 bits per heavy atom. The smallest absolute Gasteiger partial charge is 0.266 e. The van der Waals surface area contributed by atoms with Gasteiger partial charge in [0.05, 0.1) is 23.2 Å². The zero-order valence-corrected chi connectivity index (χ0v) is 14.5. The first-order valence-electron chi connectivity index (χ1n) is 8.44. The Labute approximate surface area is 151 Å². The summed E-state index contributed by atoms with van der Waals surface area (Å²) in [6, 6.07) is 13.7. The molecule has 0 unspecified atom stereocenters. The van der Waals surface area contributed by atoms with Crippen LogP contribution in [0.25, 0.3) is 0 Å². The average molecular weight is 352 g/mol. The van der Waals surface area contributed by atoms with E-state index in [4.69, 9.17) is 4.74 Å². The van der Waals surface area contributed by atoms with Gasteiger partial charge in [0.15, 0.2) is 0 Å². The van der Waals surface area contributed by atoms with Crippen molar-refractivity contribution in [1.82, 2.24) is 5.32 Å². The molecule has 3 amide bonds. The summed E-state index contributed by atoms with van der Waals surface area (Å²) in [4.78, 5) is 38.0. The van der Waals surface area contributed by atoms with Crippen molar-refractivity contribution in [3.63, 3.8) is 0 Å². The van der Waals surface area contributed by atoms with E-state index in [1.165, 1.54) is 4.90 Å². The van der Waals surface area contributed by atoms with E-state index < -0.39 is 0 Å². The number of nitrogens with one attached hydrogen (secondary N) is 1. The van der Waals surface area contributed by atoms with E-state index in [9.17, 15) is 14.4 Å². The number of rotatable bonds is 7. The number of benzene rings is 2. The van der Waals surface area contributed by atoms with Crippen LogP contribution in [-0.4, -0.2) is 38.0 Å². The molecule has 0 radical (unpaired) electrons. The highest BCUT2D eigenvalue weighted by atomic mass is 16.5. The molecule has 6 nitrogen and oxygen atoms in total. The lowest BCUT2D eigenvalue weighted by molar-refractivity contribution is -0.120. The molecule has 134 valence electrons. The summed E-state index contributed by atoms with van der Waals surface area (Å²) in [6.07, 6.45) is 1.01. The molecule has 1 aliphatic rings. The number of methoxy groups -OCH3 is 1. The first-order valence-corrected chi connectivity index (χ1v) is 8.44. The number of nitrogens with zero attached hydrogens (tertiary/aromatic N) is 1. The molecule has 1 heterocycles. The van der Waals surface area contributed by atoms with Gasteiger partial charge in [-0.15, -0.1) is 0 Å². The first-order chi connectivity index (χ1) is 12.6. The van der Waals surface area contributed by atoms with Gasteiger partial charge >= 0.3 is 0 Å². The van der Waals surface area contributed by atoms with Crippen molar-refractivity contribution in [1.29, 1.82) is 0 Å². The Morgan fingerprint density at radius 2 is 1.62 bits per heavy atom. The largest absolute Gasteiger partial charge is 0.385 e. The molecular formula is C20H20N2O4. The van der Waals surface area contributed by atoms with Gasteiger partial charge in [-0.2, -0.15) is 0 Å². The standard InChI is InChI=1S/C20H20N2O4/c1-26-12-4-11-21-18(23)13-14-7-9-15(10-8-14)22-19(24)16-5-2-3-6-17(16)20(22)25/h2-3,5-10H,4,11-13H2,1H3,(H,21,23). The predicted molar refractivity (Wildman–Crippen MR) is 97.2 cm³/mol. The topological polar surface area (TPSA) is 75.7 Å². The van der Waals surface area contributed by atoms with Gasteiger partial charge in [0, 0.05) is 20.3 Å². The van der Waals surface area contributed by atoms with Gasteiger partial charge < -0.3 is 10.1 Å². The van der Waals surface area contributed by atoms with Crippen LogP contribution in [0.4, 0.5) is 5.69 Å². The molecule has 3 rings (SSSR count). The SMILES string of the molecule is COCCCNC(=O)Cc1ccc(N2C(=O)c3ccccc3C2=O)cc1. The third-order valence-electron chi connectivity index (χ3n) is 4.20. The normalized spacial score (nSPS) is 13.0. The second-order valence-electron chi connectivity index (χ2n) is 6.03. The number of carbonyl (C=O) groups is 3. The minimum Gasteiger partial charge on any atom is -0.385 e. The number of amides is 3. The number of hydrogen-bond donors (Lipinski definition) is 1. The summed E-state index contributed by atoms with van der Waals surface area (Å²) in [5, 5.41) is 2.82. The van der Waals surface area contributed by atoms with E-state index in [0.717, 1.165) is 12.0 Å². The number of anilines is 1. The Hall–Kier alpha value is -2.99. The van der Waals surface area contributed by atoms with Crippen molar-refractivity contribution < 1.29 is 19.1 Å². The Kier molecular flexibility index (Phi) is 5.43. The Bertz CT molecular complexity index is 795. The quantitative estimate of drug-likeness (QED) is 0.612. The van der Waals surface area contributed by atoms with Crippen molar-refractivity contribution in [2.75, 3.05) is 25.2 Å². The van der Waals surface area contributed by atoms with Crippen molar-refractivity contribution in [2.45, 2.75) is 12.8 Å². The summed E-state index contributed by atoms with van der Waals surface area (Å²) >= 11 is 0. The summed E-state index contributed by atoms with van der Waals surface area (Å²) in [7, 11) is 1.62.